The molecule has 96 valence electrons. The average Bonchev–Trinajstić information content (AvgIpc) is 2.38. The van der Waals surface area contributed by atoms with Gasteiger partial charge in [-0.2, -0.15) is 5.26 Å². The Morgan fingerprint density at radius 3 is 2.89 bits per heavy atom. The highest BCUT2D eigenvalue weighted by molar-refractivity contribution is 5.53. The molecule has 1 fully saturated rings. The summed E-state index contributed by atoms with van der Waals surface area (Å²) in [5.74, 6) is 0.578. The Balaban J connectivity index is 2.16. The molecule has 0 aliphatic carbocycles. The van der Waals surface area contributed by atoms with Crippen LogP contribution in [0.3, 0.4) is 0 Å². The molecule has 2 N–H and O–H groups in total. The van der Waals surface area contributed by atoms with Crippen molar-refractivity contribution >= 4 is 5.69 Å². The van der Waals surface area contributed by atoms with Gasteiger partial charge in [0.25, 0.3) is 0 Å². The summed E-state index contributed by atoms with van der Waals surface area (Å²) in [5.41, 5.74) is 9.05. The Morgan fingerprint density at radius 2 is 2.28 bits per heavy atom. The molecular formula is C15H21N3. The molecule has 1 aliphatic heterocycles. The summed E-state index contributed by atoms with van der Waals surface area (Å²) < 4.78 is 0. The van der Waals surface area contributed by atoms with E-state index in [1.165, 1.54) is 18.5 Å². The van der Waals surface area contributed by atoms with Crippen LogP contribution in [0.5, 0.6) is 0 Å². The van der Waals surface area contributed by atoms with E-state index in [1.807, 2.05) is 13.0 Å². The molecular weight excluding hydrogens is 222 g/mol. The third-order valence-corrected chi connectivity index (χ3v) is 3.90. The average molecular weight is 243 g/mol. The lowest BCUT2D eigenvalue weighted by Crippen LogP contribution is -2.42. The third kappa shape index (κ3) is 2.65. The monoisotopic (exact) mass is 243 g/mol. The predicted molar refractivity (Wildman–Crippen MR) is 74.5 cm³/mol. The maximum atomic E-state index is 8.95. The molecule has 0 saturated carbocycles. The van der Waals surface area contributed by atoms with Gasteiger partial charge in [0, 0.05) is 24.8 Å². The van der Waals surface area contributed by atoms with E-state index in [-0.39, 0.29) is 6.04 Å². The summed E-state index contributed by atoms with van der Waals surface area (Å²) in [4.78, 5) is 2.39. The van der Waals surface area contributed by atoms with E-state index in [4.69, 9.17) is 11.0 Å². The summed E-state index contributed by atoms with van der Waals surface area (Å²) in [6.45, 7) is 6.21. The topological polar surface area (TPSA) is 53.0 Å². The second-order valence-corrected chi connectivity index (χ2v) is 5.32. The highest BCUT2D eigenvalue weighted by Gasteiger charge is 2.22. The van der Waals surface area contributed by atoms with Crippen LogP contribution >= 0.6 is 0 Å². The van der Waals surface area contributed by atoms with E-state index >= 15 is 0 Å². The standard InChI is InChI=1S/C15H21N3/c1-11-8-15(6-5-13(11)9-16)18-7-3-4-14(10-18)12(2)17/h5-6,8,12,14H,3-4,7,10,17H2,1-2H3. The van der Waals surface area contributed by atoms with Gasteiger partial charge >= 0.3 is 0 Å². The molecule has 2 unspecified atom stereocenters. The number of benzene rings is 1. The molecule has 0 amide bonds. The maximum Gasteiger partial charge on any atom is 0.0994 e. The maximum absolute atomic E-state index is 8.95. The lowest BCUT2D eigenvalue weighted by Gasteiger charge is -2.36. The van der Waals surface area contributed by atoms with Crippen molar-refractivity contribution in [3.63, 3.8) is 0 Å². The smallest absolute Gasteiger partial charge is 0.0994 e. The second kappa shape index (κ2) is 5.41. The lowest BCUT2D eigenvalue weighted by molar-refractivity contribution is 0.364. The van der Waals surface area contributed by atoms with Gasteiger partial charge in [0.05, 0.1) is 11.6 Å². The molecule has 18 heavy (non-hydrogen) atoms. The van der Waals surface area contributed by atoms with Crippen LogP contribution in [0.15, 0.2) is 18.2 Å². The van der Waals surface area contributed by atoms with Crippen LogP contribution in [-0.2, 0) is 0 Å². The highest BCUT2D eigenvalue weighted by atomic mass is 15.1. The van der Waals surface area contributed by atoms with Crippen molar-refractivity contribution in [3.8, 4) is 6.07 Å². The normalized spacial score (nSPS) is 21.4. The molecule has 1 aliphatic rings. The zero-order valence-corrected chi connectivity index (χ0v) is 11.2. The van der Waals surface area contributed by atoms with Crippen molar-refractivity contribution in [1.29, 1.82) is 5.26 Å². The minimum atomic E-state index is 0.257. The summed E-state index contributed by atoms with van der Waals surface area (Å²) in [7, 11) is 0. The van der Waals surface area contributed by atoms with Crippen LogP contribution in [0.25, 0.3) is 0 Å². The van der Waals surface area contributed by atoms with Crippen molar-refractivity contribution in [2.75, 3.05) is 18.0 Å². The van der Waals surface area contributed by atoms with Crippen molar-refractivity contribution in [2.24, 2.45) is 11.7 Å². The summed E-state index contributed by atoms with van der Waals surface area (Å²) in [6, 6.07) is 8.55. The van der Waals surface area contributed by atoms with Crippen LogP contribution < -0.4 is 10.6 Å². The van der Waals surface area contributed by atoms with E-state index < -0.39 is 0 Å². The minimum absolute atomic E-state index is 0.257. The van der Waals surface area contributed by atoms with Crippen LogP contribution in [0.4, 0.5) is 5.69 Å². The fourth-order valence-corrected chi connectivity index (χ4v) is 2.64. The quantitative estimate of drug-likeness (QED) is 0.868. The summed E-state index contributed by atoms with van der Waals surface area (Å²) >= 11 is 0. The van der Waals surface area contributed by atoms with Gasteiger partial charge in [-0.15, -0.1) is 0 Å². The van der Waals surface area contributed by atoms with Gasteiger partial charge in [0.1, 0.15) is 0 Å². The third-order valence-electron chi connectivity index (χ3n) is 3.90. The molecule has 0 radical (unpaired) electrons. The van der Waals surface area contributed by atoms with E-state index in [1.54, 1.807) is 0 Å². The van der Waals surface area contributed by atoms with Crippen LogP contribution in [0, 0.1) is 24.2 Å². The van der Waals surface area contributed by atoms with E-state index in [9.17, 15) is 0 Å². The number of hydrogen-bond acceptors (Lipinski definition) is 3. The predicted octanol–water partition coefficient (Wildman–Crippen LogP) is 2.43. The zero-order chi connectivity index (χ0) is 13.1. The summed E-state index contributed by atoms with van der Waals surface area (Å²) in [6.07, 6.45) is 2.43. The number of nitrogens with two attached hydrogens (primary N) is 1. The molecule has 0 aromatic heterocycles. The molecule has 1 saturated heterocycles. The number of aryl methyl sites for hydroxylation is 1. The Hall–Kier alpha value is -1.53. The molecule has 0 bridgehead atoms. The Morgan fingerprint density at radius 1 is 1.50 bits per heavy atom. The largest absolute Gasteiger partial charge is 0.371 e. The molecule has 3 heteroatoms. The SMILES string of the molecule is Cc1cc(N2CCCC(C(C)N)C2)ccc1C#N. The Bertz CT molecular complexity index is 459. The van der Waals surface area contributed by atoms with Gasteiger partial charge in [0.15, 0.2) is 0 Å². The van der Waals surface area contributed by atoms with Crippen molar-refractivity contribution in [3.05, 3.63) is 29.3 Å². The van der Waals surface area contributed by atoms with Gasteiger partial charge in [-0.1, -0.05) is 0 Å². The molecule has 0 spiro atoms. The van der Waals surface area contributed by atoms with Gasteiger partial charge in [0.2, 0.25) is 0 Å². The number of nitrogens with zero attached hydrogens (tertiary/aromatic N) is 2. The first-order chi connectivity index (χ1) is 8.61. The first-order valence-corrected chi connectivity index (χ1v) is 6.63. The molecule has 1 aromatic carbocycles. The van der Waals surface area contributed by atoms with Gasteiger partial charge in [-0.3, -0.25) is 0 Å². The Kier molecular flexibility index (Phi) is 3.88. The fourth-order valence-electron chi connectivity index (χ4n) is 2.64. The van der Waals surface area contributed by atoms with Crippen LogP contribution in [-0.4, -0.2) is 19.1 Å². The Labute approximate surface area is 109 Å². The zero-order valence-electron chi connectivity index (χ0n) is 11.2. The van der Waals surface area contributed by atoms with E-state index in [2.05, 4.69) is 30.0 Å². The molecule has 1 heterocycles. The minimum Gasteiger partial charge on any atom is -0.371 e. The van der Waals surface area contributed by atoms with E-state index in [0.717, 1.165) is 24.2 Å². The van der Waals surface area contributed by atoms with E-state index in [0.29, 0.717) is 5.92 Å². The van der Waals surface area contributed by atoms with Gasteiger partial charge < -0.3 is 10.6 Å². The van der Waals surface area contributed by atoms with Crippen LogP contribution in [0.1, 0.15) is 30.9 Å². The van der Waals surface area contributed by atoms with Crippen LogP contribution in [0.2, 0.25) is 0 Å². The molecule has 3 nitrogen and oxygen atoms in total. The highest BCUT2D eigenvalue weighted by Crippen LogP contribution is 2.26. The number of rotatable bonds is 2. The first kappa shape index (κ1) is 12.9. The number of piperidine rings is 1. The second-order valence-electron chi connectivity index (χ2n) is 5.32. The van der Waals surface area contributed by atoms with Gasteiger partial charge in [-0.05, 0) is 56.4 Å². The van der Waals surface area contributed by atoms with Crippen molar-refractivity contribution in [2.45, 2.75) is 32.7 Å². The fraction of sp³-hybridized carbons (Fsp3) is 0.533. The van der Waals surface area contributed by atoms with Gasteiger partial charge in [-0.25, -0.2) is 0 Å². The first-order valence-electron chi connectivity index (χ1n) is 6.63. The van der Waals surface area contributed by atoms with Crippen molar-refractivity contribution < 1.29 is 0 Å². The lowest BCUT2D eigenvalue weighted by atomic mass is 9.91. The number of anilines is 1. The van der Waals surface area contributed by atoms with Crippen molar-refractivity contribution in [1.82, 2.24) is 0 Å². The molecule has 1 aromatic rings. The summed E-state index contributed by atoms with van der Waals surface area (Å²) in [5, 5.41) is 8.95. The molecule has 2 atom stereocenters. The molecule has 2 rings (SSSR count). The number of nitriles is 1. The number of hydrogen-bond donors (Lipinski definition) is 1.